The lowest BCUT2D eigenvalue weighted by Gasteiger charge is -2.34. The molecule has 16 heavy (non-hydrogen) atoms. The summed E-state index contributed by atoms with van der Waals surface area (Å²) in [6.45, 7) is 8.05. The number of piperidine rings is 1. The molecule has 3 nitrogen and oxygen atoms in total. The number of hydrogen-bond donors (Lipinski definition) is 1. The van der Waals surface area contributed by atoms with Crippen molar-refractivity contribution in [1.82, 2.24) is 4.90 Å². The molecule has 0 aromatic heterocycles. The van der Waals surface area contributed by atoms with Crippen molar-refractivity contribution in [3.05, 3.63) is 0 Å². The Morgan fingerprint density at radius 2 is 1.94 bits per heavy atom. The van der Waals surface area contributed by atoms with Crippen LogP contribution in [-0.2, 0) is 4.79 Å². The fourth-order valence-corrected chi connectivity index (χ4v) is 2.35. The molecule has 1 aliphatic heterocycles. The predicted molar refractivity (Wildman–Crippen MR) is 67.0 cm³/mol. The number of nitrogens with zero attached hydrogens (tertiary/aromatic N) is 1. The Kier molecular flexibility index (Phi) is 5.26. The number of carbonyl (C=O) groups is 1. The number of hydrogen-bond acceptors (Lipinski definition) is 2. The Morgan fingerprint density at radius 1 is 1.38 bits per heavy atom. The molecule has 2 N–H and O–H groups in total. The summed E-state index contributed by atoms with van der Waals surface area (Å²) in [4.78, 5) is 14.0. The molecule has 1 amide bonds. The van der Waals surface area contributed by atoms with Crippen molar-refractivity contribution in [2.24, 2.45) is 17.6 Å². The lowest BCUT2D eigenvalue weighted by atomic mass is 9.92. The van der Waals surface area contributed by atoms with Crippen LogP contribution in [0, 0.1) is 11.8 Å². The van der Waals surface area contributed by atoms with Gasteiger partial charge in [-0.25, -0.2) is 0 Å². The van der Waals surface area contributed by atoms with E-state index >= 15 is 0 Å². The number of nitrogens with two attached hydrogens (primary N) is 1. The minimum Gasteiger partial charge on any atom is -0.341 e. The average Bonchev–Trinajstić information content (AvgIpc) is 2.28. The van der Waals surface area contributed by atoms with E-state index in [2.05, 4.69) is 6.92 Å². The third kappa shape index (κ3) is 3.48. The van der Waals surface area contributed by atoms with E-state index in [1.54, 1.807) is 0 Å². The van der Waals surface area contributed by atoms with Crippen molar-refractivity contribution in [3.63, 3.8) is 0 Å². The highest BCUT2D eigenvalue weighted by atomic mass is 16.2. The molecule has 1 rings (SSSR count). The van der Waals surface area contributed by atoms with E-state index in [9.17, 15) is 4.79 Å². The monoisotopic (exact) mass is 226 g/mol. The standard InChI is InChI=1S/C13H26N2O/c1-4-5-11-6-8-15(9-7-11)13(16)12(14)10(2)3/h10-12H,4-9,14H2,1-3H3/t12-/m1/s1. The number of amides is 1. The van der Waals surface area contributed by atoms with Gasteiger partial charge in [-0.1, -0.05) is 33.6 Å². The summed E-state index contributed by atoms with van der Waals surface area (Å²) >= 11 is 0. The van der Waals surface area contributed by atoms with Crippen molar-refractivity contribution in [3.8, 4) is 0 Å². The fourth-order valence-electron chi connectivity index (χ4n) is 2.35. The van der Waals surface area contributed by atoms with Gasteiger partial charge in [0.25, 0.3) is 0 Å². The van der Waals surface area contributed by atoms with Crippen LogP contribution < -0.4 is 5.73 Å². The minimum atomic E-state index is -0.317. The topological polar surface area (TPSA) is 46.3 Å². The first-order valence-electron chi connectivity index (χ1n) is 6.60. The van der Waals surface area contributed by atoms with Gasteiger partial charge in [0.2, 0.25) is 5.91 Å². The number of likely N-dealkylation sites (tertiary alicyclic amines) is 1. The highest BCUT2D eigenvalue weighted by Crippen LogP contribution is 2.22. The molecular formula is C13H26N2O. The zero-order valence-electron chi connectivity index (χ0n) is 10.9. The van der Waals surface area contributed by atoms with Gasteiger partial charge in [-0.3, -0.25) is 4.79 Å². The Hall–Kier alpha value is -0.570. The third-order valence-corrected chi connectivity index (χ3v) is 3.63. The Bertz CT molecular complexity index is 220. The first-order valence-corrected chi connectivity index (χ1v) is 6.60. The summed E-state index contributed by atoms with van der Waals surface area (Å²) in [6.07, 6.45) is 4.87. The summed E-state index contributed by atoms with van der Waals surface area (Å²) in [5, 5.41) is 0. The molecule has 0 unspecified atom stereocenters. The summed E-state index contributed by atoms with van der Waals surface area (Å²) in [5.74, 6) is 1.20. The third-order valence-electron chi connectivity index (χ3n) is 3.63. The molecule has 1 saturated heterocycles. The molecule has 1 atom stereocenters. The van der Waals surface area contributed by atoms with Gasteiger partial charge in [0, 0.05) is 13.1 Å². The Labute approximate surface area is 99.4 Å². The van der Waals surface area contributed by atoms with Crippen molar-refractivity contribution < 1.29 is 4.79 Å². The number of rotatable bonds is 4. The van der Waals surface area contributed by atoms with E-state index in [1.807, 2.05) is 18.7 Å². The van der Waals surface area contributed by atoms with Gasteiger partial charge in [0.05, 0.1) is 6.04 Å². The Balaban J connectivity index is 2.38. The highest BCUT2D eigenvalue weighted by molar-refractivity contribution is 5.81. The molecule has 0 radical (unpaired) electrons. The quantitative estimate of drug-likeness (QED) is 0.797. The summed E-state index contributed by atoms with van der Waals surface area (Å²) < 4.78 is 0. The molecular weight excluding hydrogens is 200 g/mol. The normalized spacial score (nSPS) is 20.2. The summed E-state index contributed by atoms with van der Waals surface area (Å²) in [6, 6.07) is -0.317. The first kappa shape index (κ1) is 13.5. The maximum Gasteiger partial charge on any atom is 0.239 e. The van der Waals surface area contributed by atoms with E-state index in [0.29, 0.717) is 0 Å². The van der Waals surface area contributed by atoms with Crippen molar-refractivity contribution in [2.75, 3.05) is 13.1 Å². The maximum absolute atomic E-state index is 12.0. The van der Waals surface area contributed by atoms with Gasteiger partial charge < -0.3 is 10.6 Å². The average molecular weight is 226 g/mol. The van der Waals surface area contributed by atoms with Crippen LogP contribution in [-0.4, -0.2) is 29.9 Å². The Morgan fingerprint density at radius 3 is 2.38 bits per heavy atom. The zero-order chi connectivity index (χ0) is 12.1. The van der Waals surface area contributed by atoms with Crippen LogP contribution >= 0.6 is 0 Å². The molecule has 3 heteroatoms. The van der Waals surface area contributed by atoms with Crippen LogP contribution in [0.2, 0.25) is 0 Å². The molecule has 0 bridgehead atoms. The van der Waals surface area contributed by atoms with Crippen LogP contribution in [0.4, 0.5) is 0 Å². The van der Waals surface area contributed by atoms with Gasteiger partial charge in [-0.05, 0) is 24.7 Å². The van der Waals surface area contributed by atoms with Gasteiger partial charge in [0.15, 0.2) is 0 Å². The van der Waals surface area contributed by atoms with E-state index < -0.39 is 0 Å². The summed E-state index contributed by atoms with van der Waals surface area (Å²) in [5.41, 5.74) is 5.89. The zero-order valence-corrected chi connectivity index (χ0v) is 10.9. The van der Waals surface area contributed by atoms with E-state index in [0.717, 1.165) is 31.8 Å². The van der Waals surface area contributed by atoms with Crippen LogP contribution in [0.25, 0.3) is 0 Å². The maximum atomic E-state index is 12.0. The second kappa shape index (κ2) is 6.24. The largest absolute Gasteiger partial charge is 0.341 e. The lowest BCUT2D eigenvalue weighted by molar-refractivity contribution is -0.135. The van der Waals surface area contributed by atoms with Crippen molar-refractivity contribution >= 4 is 5.91 Å². The van der Waals surface area contributed by atoms with E-state index in [-0.39, 0.29) is 17.9 Å². The van der Waals surface area contributed by atoms with Gasteiger partial charge in [-0.2, -0.15) is 0 Å². The summed E-state index contributed by atoms with van der Waals surface area (Å²) in [7, 11) is 0. The predicted octanol–water partition coefficient (Wildman–Crippen LogP) is 2.01. The fraction of sp³-hybridized carbons (Fsp3) is 0.923. The van der Waals surface area contributed by atoms with Gasteiger partial charge >= 0.3 is 0 Å². The first-order chi connectivity index (χ1) is 7.56. The van der Waals surface area contributed by atoms with Crippen molar-refractivity contribution in [2.45, 2.75) is 52.5 Å². The highest BCUT2D eigenvalue weighted by Gasteiger charge is 2.27. The molecule has 94 valence electrons. The number of carbonyl (C=O) groups excluding carboxylic acids is 1. The molecule has 0 saturated carbocycles. The molecule has 0 aromatic rings. The van der Waals surface area contributed by atoms with Crippen LogP contribution in [0.3, 0.4) is 0 Å². The molecule has 0 aromatic carbocycles. The van der Waals surface area contributed by atoms with Gasteiger partial charge in [-0.15, -0.1) is 0 Å². The van der Waals surface area contributed by atoms with Gasteiger partial charge in [0.1, 0.15) is 0 Å². The van der Waals surface area contributed by atoms with Crippen LogP contribution in [0.5, 0.6) is 0 Å². The molecule has 0 spiro atoms. The van der Waals surface area contributed by atoms with E-state index in [1.165, 1.54) is 12.8 Å². The molecule has 0 aliphatic carbocycles. The SMILES string of the molecule is CCCC1CCN(C(=O)[C@H](N)C(C)C)CC1. The van der Waals surface area contributed by atoms with E-state index in [4.69, 9.17) is 5.73 Å². The van der Waals surface area contributed by atoms with Crippen LogP contribution in [0.1, 0.15) is 46.5 Å². The second-order valence-corrected chi connectivity index (χ2v) is 5.33. The smallest absolute Gasteiger partial charge is 0.239 e. The molecule has 1 aliphatic rings. The molecule has 1 fully saturated rings. The van der Waals surface area contributed by atoms with Crippen molar-refractivity contribution in [1.29, 1.82) is 0 Å². The second-order valence-electron chi connectivity index (χ2n) is 5.33. The lowest BCUT2D eigenvalue weighted by Crippen LogP contribution is -2.49. The minimum absolute atomic E-state index is 0.143. The van der Waals surface area contributed by atoms with Crippen LogP contribution in [0.15, 0.2) is 0 Å². The molecule has 1 heterocycles.